The summed E-state index contributed by atoms with van der Waals surface area (Å²) in [6.07, 6.45) is 0. The Morgan fingerprint density at radius 2 is 1.84 bits per heavy atom. The fourth-order valence-electron chi connectivity index (χ4n) is 1.66. The molecule has 98 valence electrons. The molecule has 4 heteroatoms. The van der Waals surface area contributed by atoms with Crippen molar-refractivity contribution in [1.82, 2.24) is 0 Å². The molecule has 1 amide bonds. The van der Waals surface area contributed by atoms with E-state index in [0.717, 1.165) is 19.3 Å². The molecule has 2 rings (SSSR count). The van der Waals surface area contributed by atoms with Gasteiger partial charge in [-0.05, 0) is 93.8 Å². The maximum Gasteiger partial charge on any atom is 0.255 e. The Labute approximate surface area is 134 Å². The van der Waals surface area contributed by atoms with Crippen LogP contribution in [-0.2, 0) is 0 Å². The number of aryl methyl sites for hydroxylation is 2. The molecule has 2 nitrogen and oxygen atoms in total. The monoisotopic (exact) mass is 429 g/mol. The lowest BCUT2D eigenvalue weighted by Crippen LogP contribution is -2.12. The van der Waals surface area contributed by atoms with Crippen LogP contribution in [0.4, 0.5) is 5.69 Å². The van der Waals surface area contributed by atoms with E-state index < -0.39 is 0 Å². The van der Waals surface area contributed by atoms with Crippen molar-refractivity contribution in [2.75, 3.05) is 5.32 Å². The van der Waals surface area contributed by atoms with Crippen molar-refractivity contribution in [3.05, 3.63) is 61.1 Å². The molecule has 0 heterocycles. The zero-order chi connectivity index (χ0) is 14.0. The zero-order valence-corrected chi connectivity index (χ0v) is 14.4. The van der Waals surface area contributed by atoms with Crippen LogP contribution in [-0.4, -0.2) is 5.91 Å². The minimum Gasteiger partial charge on any atom is -0.322 e. The van der Waals surface area contributed by atoms with E-state index in [9.17, 15) is 4.79 Å². The molecule has 0 aliphatic carbocycles. The Morgan fingerprint density at radius 3 is 2.47 bits per heavy atom. The number of amides is 1. The van der Waals surface area contributed by atoms with Crippen LogP contribution in [0.25, 0.3) is 0 Å². The molecule has 2 aromatic carbocycles. The second kappa shape index (κ2) is 6.05. The fraction of sp³-hybridized carbons (Fsp3) is 0.133. The second-order valence-corrected chi connectivity index (χ2v) is 6.40. The van der Waals surface area contributed by atoms with E-state index in [1.807, 2.05) is 50.2 Å². The lowest BCUT2D eigenvalue weighted by molar-refractivity contribution is 0.102. The number of carbonyl (C=O) groups excluding carboxylic acids is 1. The zero-order valence-electron chi connectivity index (χ0n) is 10.6. The predicted molar refractivity (Wildman–Crippen MR) is 90.7 cm³/mol. The van der Waals surface area contributed by atoms with Crippen LogP contribution >= 0.6 is 38.5 Å². The molecule has 0 atom stereocenters. The highest BCUT2D eigenvalue weighted by atomic mass is 127. The summed E-state index contributed by atoms with van der Waals surface area (Å²) in [4.78, 5) is 12.1. The Bertz CT molecular complexity index is 640. The van der Waals surface area contributed by atoms with Gasteiger partial charge in [-0.3, -0.25) is 4.79 Å². The Kier molecular flexibility index (Phi) is 4.62. The van der Waals surface area contributed by atoms with Gasteiger partial charge in [0.05, 0.1) is 0 Å². The summed E-state index contributed by atoms with van der Waals surface area (Å²) in [7, 11) is 0. The summed E-state index contributed by atoms with van der Waals surface area (Å²) < 4.78 is 2.09. The maximum absolute atomic E-state index is 12.1. The third-order valence-electron chi connectivity index (χ3n) is 2.95. The highest BCUT2D eigenvalue weighted by Crippen LogP contribution is 2.23. The minimum absolute atomic E-state index is 0.0822. The molecule has 1 N–H and O–H groups in total. The van der Waals surface area contributed by atoms with Crippen LogP contribution < -0.4 is 5.32 Å². The molecular weight excluding hydrogens is 417 g/mol. The SMILES string of the molecule is Cc1ccc(C(=O)Nc2ccc(Br)c(I)c2)cc1C. The van der Waals surface area contributed by atoms with E-state index in [4.69, 9.17) is 0 Å². The lowest BCUT2D eigenvalue weighted by atomic mass is 10.1. The summed E-state index contributed by atoms with van der Waals surface area (Å²) in [5.74, 6) is -0.0822. The molecule has 0 saturated heterocycles. The molecule has 0 aliphatic rings. The largest absolute Gasteiger partial charge is 0.322 e. The van der Waals surface area contributed by atoms with Gasteiger partial charge in [0, 0.05) is 19.3 Å². The molecule has 0 saturated carbocycles. The average molecular weight is 430 g/mol. The number of carbonyl (C=O) groups is 1. The third-order valence-corrected chi connectivity index (χ3v) is 5.27. The number of nitrogens with one attached hydrogen (secondary N) is 1. The summed E-state index contributed by atoms with van der Waals surface area (Å²) in [6.45, 7) is 4.04. The van der Waals surface area contributed by atoms with Gasteiger partial charge in [-0.25, -0.2) is 0 Å². The lowest BCUT2D eigenvalue weighted by Gasteiger charge is -2.08. The van der Waals surface area contributed by atoms with Gasteiger partial charge in [0.15, 0.2) is 0 Å². The second-order valence-electron chi connectivity index (χ2n) is 4.38. The van der Waals surface area contributed by atoms with Crippen LogP contribution in [0.3, 0.4) is 0 Å². The normalized spacial score (nSPS) is 10.3. The first-order valence-electron chi connectivity index (χ1n) is 5.81. The van der Waals surface area contributed by atoms with Gasteiger partial charge in [0.2, 0.25) is 0 Å². The predicted octanol–water partition coefficient (Wildman–Crippen LogP) is 4.92. The van der Waals surface area contributed by atoms with Crippen molar-refractivity contribution in [2.24, 2.45) is 0 Å². The Hall–Kier alpha value is -0.880. The molecule has 0 unspecified atom stereocenters. The van der Waals surface area contributed by atoms with E-state index in [0.29, 0.717) is 5.56 Å². The number of benzene rings is 2. The van der Waals surface area contributed by atoms with Gasteiger partial charge >= 0.3 is 0 Å². The van der Waals surface area contributed by atoms with Crippen LogP contribution in [0.5, 0.6) is 0 Å². The molecule has 0 aromatic heterocycles. The molecular formula is C15H13BrINO. The van der Waals surface area contributed by atoms with E-state index in [1.54, 1.807) is 0 Å². The molecule has 0 spiro atoms. The number of halogens is 2. The molecule has 0 bridgehead atoms. The van der Waals surface area contributed by atoms with Crippen molar-refractivity contribution in [2.45, 2.75) is 13.8 Å². The summed E-state index contributed by atoms with van der Waals surface area (Å²) in [6, 6.07) is 11.5. The number of hydrogen-bond donors (Lipinski definition) is 1. The van der Waals surface area contributed by atoms with E-state index in [2.05, 4.69) is 43.8 Å². The smallest absolute Gasteiger partial charge is 0.255 e. The molecule has 2 aromatic rings. The standard InChI is InChI=1S/C15H13BrINO/c1-9-3-4-11(7-10(9)2)15(19)18-12-5-6-13(16)14(17)8-12/h3-8H,1-2H3,(H,18,19). The van der Waals surface area contributed by atoms with Crippen LogP contribution in [0.2, 0.25) is 0 Å². The maximum atomic E-state index is 12.1. The first-order chi connectivity index (χ1) is 8.97. The van der Waals surface area contributed by atoms with Crippen molar-refractivity contribution >= 4 is 50.1 Å². The van der Waals surface area contributed by atoms with Gasteiger partial charge in [0.25, 0.3) is 5.91 Å². The average Bonchev–Trinajstić information content (AvgIpc) is 2.37. The van der Waals surface area contributed by atoms with Crippen LogP contribution in [0.15, 0.2) is 40.9 Å². The van der Waals surface area contributed by atoms with E-state index >= 15 is 0 Å². The summed E-state index contributed by atoms with van der Waals surface area (Å²) in [5.41, 5.74) is 3.80. The highest BCUT2D eigenvalue weighted by molar-refractivity contribution is 14.1. The van der Waals surface area contributed by atoms with Gasteiger partial charge < -0.3 is 5.32 Å². The summed E-state index contributed by atoms with van der Waals surface area (Å²) in [5, 5.41) is 2.91. The van der Waals surface area contributed by atoms with E-state index in [1.165, 1.54) is 5.56 Å². The highest BCUT2D eigenvalue weighted by Gasteiger charge is 2.08. The van der Waals surface area contributed by atoms with Gasteiger partial charge in [-0.15, -0.1) is 0 Å². The van der Waals surface area contributed by atoms with Crippen molar-refractivity contribution in [3.63, 3.8) is 0 Å². The fourth-order valence-corrected chi connectivity index (χ4v) is 2.42. The minimum atomic E-state index is -0.0822. The van der Waals surface area contributed by atoms with E-state index in [-0.39, 0.29) is 5.91 Å². The molecule has 0 fully saturated rings. The number of hydrogen-bond acceptors (Lipinski definition) is 1. The number of rotatable bonds is 2. The quantitative estimate of drug-likeness (QED) is 0.674. The topological polar surface area (TPSA) is 29.1 Å². The third kappa shape index (κ3) is 3.57. The van der Waals surface area contributed by atoms with Gasteiger partial charge in [0.1, 0.15) is 0 Å². The van der Waals surface area contributed by atoms with Crippen molar-refractivity contribution < 1.29 is 4.79 Å². The molecule has 0 aliphatic heterocycles. The first-order valence-corrected chi connectivity index (χ1v) is 7.68. The van der Waals surface area contributed by atoms with Gasteiger partial charge in [-0.1, -0.05) is 6.07 Å². The Balaban J connectivity index is 2.20. The molecule has 0 radical (unpaired) electrons. The summed E-state index contributed by atoms with van der Waals surface area (Å²) >= 11 is 5.66. The van der Waals surface area contributed by atoms with Crippen LogP contribution in [0, 0.1) is 17.4 Å². The number of anilines is 1. The first kappa shape index (κ1) is 14.5. The van der Waals surface area contributed by atoms with Crippen LogP contribution in [0.1, 0.15) is 21.5 Å². The van der Waals surface area contributed by atoms with Crippen molar-refractivity contribution in [3.8, 4) is 0 Å². The molecule has 19 heavy (non-hydrogen) atoms. The Morgan fingerprint density at radius 1 is 1.11 bits per heavy atom. The van der Waals surface area contributed by atoms with Gasteiger partial charge in [-0.2, -0.15) is 0 Å². The van der Waals surface area contributed by atoms with Crippen molar-refractivity contribution in [1.29, 1.82) is 0 Å².